The van der Waals surface area contributed by atoms with Gasteiger partial charge in [0.15, 0.2) is 0 Å². The van der Waals surface area contributed by atoms with Crippen LogP contribution in [0.1, 0.15) is 46.5 Å². The van der Waals surface area contributed by atoms with Gasteiger partial charge in [0.25, 0.3) is 0 Å². The highest BCUT2D eigenvalue weighted by Crippen LogP contribution is 2.37. The maximum absolute atomic E-state index is 2.42. The Morgan fingerprint density at radius 2 is 2.10 bits per heavy atom. The lowest BCUT2D eigenvalue weighted by atomic mass is 9.85. The van der Waals surface area contributed by atoms with Gasteiger partial charge in [-0.15, -0.1) is 0 Å². The second kappa shape index (κ2) is 3.41. The molecule has 0 nitrogen and oxygen atoms in total. The summed E-state index contributed by atoms with van der Waals surface area (Å²) in [5.41, 5.74) is 0. The lowest BCUT2D eigenvalue weighted by molar-refractivity contribution is 0.287. The van der Waals surface area contributed by atoms with Crippen LogP contribution in [0.15, 0.2) is 0 Å². The van der Waals surface area contributed by atoms with E-state index in [0.717, 1.165) is 17.8 Å². The Balaban J connectivity index is 2.38. The normalized spacial score (nSPS) is 36.3. The minimum Gasteiger partial charge on any atom is -0.0651 e. The van der Waals surface area contributed by atoms with Gasteiger partial charge in [-0.25, -0.2) is 0 Å². The summed E-state index contributed by atoms with van der Waals surface area (Å²) < 4.78 is 0. The molecule has 1 rings (SSSR count). The van der Waals surface area contributed by atoms with E-state index in [1.165, 1.54) is 25.7 Å². The van der Waals surface area contributed by atoms with Crippen molar-refractivity contribution in [2.24, 2.45) is 17.8 Å². The van der Waals surface area contributed by atoms with Gasteiger partial charge in [-0.2, -0.15) is 0 Å². The standard InChI is InChI=1S/C10H20/c1-4-8(2)10-7-5-6-9(10)3/h8-10H,4-7H2,1-3H3. The first-order valence-electron chi connectivity index (χ1n) is 4.75. The van der Waals surface area contributed by atoms with E-state index < -0.39 is 0 Å². The van der Waals surface area contributed by atoms with Gasteiger partial charge in [0, 0.05) is 0 Å². The number of hydrogen-bond donors (Lipinski definition) is 0. The van der Waals surface area contributed by atoms with E-state index in [0.29, 0.717) is 0 Å². The van der Waals surface area contributed by atoms with Crippen LogP contribution < -0.4 is 0 Å². The average molecular weight is 140 g/mol. The summed E-state index contributed by atoms with van der Waals surface area (Å²) in [5, 5.41) is 0. The van der Waals surface area contributed by atoms with Crippen LogP contribution in [0.3, 0.4) is 0 Å². The Kier molecular flexibility index (Phi) is 2.76. The third-order valence-corrected chi connectivity index (χ3v) is 3.30. The lowest BCUT2D eigenvalue weighted by Gasteiger charge is -2.21. The summed E-state index contributed by atoms with van der Waals surface area (Å²) in [7, 11) is 0. The molecule has 1 fully saturated rings. The highest BCUT2D eigenvalue weighted by Gasteiger charge is 2.26. The molecule has 0 heterocycles. The van der Waals surface area contributed by atoms with E-state index in [-0.39, 0.29) is 0 Å². The molecule has 1 aliphatic carbocycles. The second-order valence-corrected chi connectivity index (χ2v) is 3.96. The molecule has 0 aliphatic heterocycles. The van der Waals surface area contributed by atoms with Crippen molar-refractivity contribution in [3.8, 4) is 0 Å². The summed E-state index contributed by atoms with van der Waals surface area (Å²) >= 11 is 0. The molecule has 10 heavy (non-hydrogen) atoms. The van der Waals surface area contributed by atoms with Crippen molar-refractivity contribution in [2.45, 2.75) is 46.5 Å². The molecule has 0 N–H and O–H groups in total. The first kappa shape index (κ1) is 8.10. The smallest absolute Gasteiger partial charge is 0.0363 e. The monoisotopic (exact) mass is 140 g/mol. The van der Waals surface area contributed by atoms with Gasteiger partial charge >= 0.3 is 0 Å². The van der Waals surface area contributed by atoms with Gasteiger partial charge in [-0.1, -0.05) is 40.0 Å². The first-order valence-corrected chi connectivity index (χ1v) is 4.75. The fraction of sp³-hybridized carbons (Fsp3) is 1.00. The van der Waals surface area contributed by atoms with Crippen LogP contribution >= 0.6 is 0 Å². The van der Waals surface area contributed by atoms with E-state index in [4.69, 9.17) is 0 Å². The Labute approximate surface area is 65.0 Å². The fourth-order valence-corrected chi connectivity index (χ4v) is 2.32. The van der Waals surface area contributed by atoms with Crippen molar-refractivity contribution in [3.05, 3.63) is 0 Å². The van der Waals surface area contributed by atoms with Crippen LogP contribution in [0.4, 0.5) is 0 Å². The predicted octanol–water partition coefficient (Wildman–Crippen LogP) is 3.47. The molecule has 60 valence electrons. The van der Waals surface area contributed by atoms with Gasteiger partial charge in [0.05, 0.1) is 0 Å². The largest absolute Gasteiger partial charge is 0.0651 e. The van der Waals surface area contributed by atoms with E-state index in [1.807, 2.05) is 0 Å². The third kappa shape index (κ3) is 1.53. The van der Waals surface area contributed by atoms with Gasteiger partial charge in [-0.05, 0) is 24.2 Å². The van der Waals surface area contributed by atoms with Gasteiger partial charge < -0.3 is 0 Å². The van der Waals surface area contributed by atoms with Gasteiger partial charge in [0.2, 0.25) is 0 Å². The SMILES string of the molecule is CCC(C)C1CCCC1C. The molecule has 1 aliphatic rings. The molecule has 0 saturated heterocycles. The zero-order valence-electron chi connectivity index (χ0n) is 7.56. The molecular formula is C10H20. The molecule has 0 aromatic rings. The number of hydrogen-bond acceptors (Lipinski definition) is 0. The first-order chi connectivity index (χ1) is 4.75. The Bertz CT molecular complexity index is 96.2. The summed E-state index contributed by atoms with van der Waals surface area (Å²) in [6.45, 7) is 7.14. The zero-order chi connectivity index (χ0) is 7.56. The van der Waals surface area contributed by atoms with Crippen molar-refractivity contribution in [3.63, 3.8) is 0 Å². The molecule has 0 aromatic carbocycles. The van der Waals surface area contributed by atoms with Crippen molar-refractivity contribution in [1.29, 1.82) is 0 Å². The van der Waals surface area contributed by atoms with Crippen LogP contribution in [0.5, 0.6) is 0 Å². The Morgan fingerprint density at radius 3 is 2.50 bits per heavy atom. The van der Waals surface area contributed by atoms with Crippen LogP contribution in [-0.4, -0.2) is 0 Å². The summed E-state index contributed by atoms with van der Waals surface area (Å²) in [4.78, 5) is 0. The van der Waals surface area contributed by atoms with Gasteiger partial charge in [-0.3, -0.25) is 0 Å². The van der Waals surface area contributed by atoms with Crippen LogP contribution in [0, 0.1) is 17.8 Å². The summed E-state index contributed by atoms with van der Waals surface area (Å²) in [5.74, 6) is 3.03. The average Bonchev–Trinajstić information content (AvgIpc) is 2.34. The minimum atomic E-state index is 0.970. The highest BCUT2D eigenvalue weighted by molar-refractivity contribution is 4.77. The fourth-order valence-electron chi connectivity index (χ4n) is 2.32. The molecule has 0 amide bonds. The Hall–Kier alpha value is 0. The van der Waals surface area contributed by atoms with E-state index in [2.05, 4.69) is 20.8 Å². The molecule has 3 atom stereocenters. The summed E-state index contributed by atoms with van der Waals surface area (Å²) in [6, 6.07) is 0. The molecule has 0 aromatic heterocycles. The van der Waals surface area contributed by atoms with Crippen LogP contribution in [0.2, 0.25) is 0 Å². The summed E-state index contributed by atoms with van der Waals surface area (Å²) in [6.07, 6.45) is 5.83. The molecule has 1 saturated carbocycles. The molecule has 0 bridgehead atoms. The topological polar surface area (TPSA) is 0 Å². The van der Waals surface area contributed by atoms with E-state index >= 15 is 0 Å². The quantitative estimate of drug-likeness (QED) is 0.551. The lowest BCUT2D eigenvalue weighted by Crippen LogP contribution is -2.13. The predicted molar refractivity (Wildman–Crippen MR) is 46.0 cm³/mol. The zero-order valence-corrected chi connectivity index (χ0v) is 7.56. The van der Waals surface area contributed by atoms with E-state index in [9.17, 15) is 0 Å². The van der Waals surface area contributed by atoms with Gasteiger partial charge in [0.1, 0.15) is 0 Å². The number of rotatable bonds is 2. The third-order valence-electron chi connectivity index (χ3n) is 3.30. The van der Waals surface area contributed by atoms with Crippen molar-refractivity contribution < 1.29 is 0 Å². The Morgan fingerprint density at radius 1 is 1.40 bits per heavy atom. The van der Waals surface area contributed by atoms with Crippen molar-refractivity contribution in [1.82, 2.24) is 0 Å². The second-order valence-electron chi connectivity index (χ2n) is 3.96. The molecule has 0 radical (unpaired) electrons. The maximum Gasteiger partial charge on any atom is -0.0363 e. The van der Waals surface area contributed by atoms with Crippen molar-refractivity contribution in [2.75, 3.05) is 0 Å². The minimum absolute atomic E-state index is 0.970. The highest BCUT2D eigenvalue weighted by atomic mass is 14.3. The van der Waals surface area contributed by atoms with Crippen LogP contribution in [-0.2, 0) is 0 Å². The molecule has 0 heteroatoms. The molecule has 3 unspecified atom stereocenters. The molecule has 0 spiro atoms. The maximum atomic E-state index is 2.42. The van der Waals surface area contributed by atoms with Crippen LogP contribution in [0.25, 0.3) is 0 Å². The van der Waals surface area contributed by atoms with E-state index in [1.54, 1.807) is 0 Å². The van der Waals surface area contributed by atoms with Crippen molar-refractivity contribution >= 4 is 0 Å². The molecular weight excluding hydrogens is 120 g/mol.